The van der Waals surface area contributed by atoms with Crippen molar-refractivity contribution in [2.75, 3.05) is 13.7 Å². The van der Waals surface area contributed by atoms with E-state index < -0.39 is 10.0 Å². The molecule has 0 spiro atoms. The Balaban J connectivity index is 1.55. The highest BCUT2D eigenvalue weighted by Gasteiger charge is 2.52. The van der Waals surface area contributed by atoms with Crippen molar-refractivity contribution in [2.24, 2.45) is 5.92 Å². The van der Waals surface area contributed by atoms with Crippen molar-refractivity contribution in [3.8, 4) is 11.5 Å². The Hall–Kier alpha value is -2.06. The maximum absolute atomic E-state index is 13.3. The van der Waals surface area contributed by atoms with Gasteiger partial charge in [0, 0.05) is 24.8 Å². The van der Waals surface area contributed by atoms with Crippen molar-refractivity contribution in [1.82, 2.24) is 14.1 Å². The average molecular weight is 391 g/mol. The second-order valence-corrected chi connectivity index (χ2v) is 8.99. The van der Waals surface area contributed by atoms with E-state index in [2.05, 4.69) is 5.10 Å². The van der Waals surface area contributed by atoms with E-state index >= 15 is 0 Å². The van der Waals surface area contributed by atoms with E-state index in [4.69, 9.17) is 9.47 Å². The number of nitrogens with zero attached hydrogens (tertiary/aromatic N) is 3. The van der Waals surface area contributed by atoms with Crippen molar-refractivity contribution in [3.63, 3.8) is 0 Å². The topological polar surface area (TPSA) is 73.7 Å². The van der Waals surface area contributed by atoms with Gasteiger partial charge in [0.1, 0.15) is 23.0 Å². The minimum Gasteiger partial charge on any atom is -0.497 e. The zero-order valence-corrected chi connectivity index (χ0v) is 16.4. The Labute approximate surface area is 159 Å². The molecule has 2 heterocycles. The summed E-state index contributed by atoms with van der Waals surface area (Å²) >= 11 is 0. The number of methoxy groups -OCH3 is 1. The summed E-state index contributed by atoms with van der Waals surface area (Å²) in [6.45, 7) is 2.92. The van der Waals surface area contributed by atoms with Gasteiger partial charge in [-0.05, 0) is 44.2 Å². The third-order valence-electron chi connectivity index (χ3n) is 5.65. The predicted molar refractivity (Wildman–Crippen MR) is 100 cm³/mol. The number of piperidine rings is 1. The van der Waals surface area contributed by atoms with Gasteiger partial charge in [-0.15, -0.1) is 0 Å². The third-order valence-corrected chi connectivity index (χ3v) is 7.58. The fourth-order valence-electron chi connectivity index (χ4n) is 4.28. The molecule has 0 N–H and O–H groups in total. The molecular formula is C19H25N3O4S. The van der Waals surface area contributed by atoms with Crippen molar-refractivity contribution in [2.45, 2.75) is 49.7 Å². The van der Waals surface area contributed by atoms with Crippen molar-refractivity contribution in [1.29, 1.82) is 0 Å². The van der Waals surface area contributed by atoms with Gasteiger partial charge >= 0.3 is 0 Å². The number of rotatable bonds is 7. The normalized spacial score (nSPS) is 25.0. The molecule has 1 saturated carbocycles. The number of hydrogen-bond acceptors (Lipinski definition) is 5. The maximum atomic E-state index is 13.3. The summed E-state index contributed by atoms with van der Waals surface area (Å²) in [6.07, 6.45) is 5.94. The van der Waals surface area contributed by atoms with E-state index in [1.807, 2.05) is 31.2 Å². The first-order chi connectivity index (χ1) is 13.0. The number of hydrogen-bond donors (Lipinski definition) is 0. The van der Waals surface area contributed by atoms with Gasteiger partial charge in [0.05, 0.1) is 19.3 Å². The van der Waals surface area contributed by atoms with Crippen LogP contribution in [0.5, 0.6) is 11.5 Å². The lowest BCUT2D eigenvalue weighted by atomic mass is 10.0. The second kappa shape index (κ2) is 7.16. The van der Waals surface area contributed by atoms with E-state index in [0.29, 0.717) is 24.8 Å². The lowest BCUT2D eigenvalue weighted by Gasteiger charge is -2.33. The summed E-state index contributed by atoms with van der Waals surface area (Å²) in [5.74, 6) is 1.75. The van der Waals surface area contributed by atoms with Gasteiger partial charge in [-0.25, -0.2) is 8.42 Å². The molecule has 0 amide bonds. The van der Waals surface area contributed by atoms with Crippen LogP contribution in [0.3, 0.4) is 0 Å². The van der Waals surface area contributed by atoms with E-state index in [9.17, 15) is 8.42 Å². The summed E-state index contributed by atoms with van der Waals surface area (Å²) in [5, 5.41) is 4.14. The second-order valence-electron chi connectivity index (χ2n) is 7.15. The van der Waals surface area contributed by atoms with E-state index in [-0.39, 0.29) is 17.0 Å². The molecule has 2 fully saturated rings. The van der Waals surface area contributed by atoms with Crippen LogP contribution < -0.4 is 9.47 Å². The van der Waals surface area contributed by atoms with Gasteiger partial charge < -0.3 is 9.47 Å². The minimum absolute atomic E-state index is 0.0592. The smallest absolute Gasteiger partial charge is 0.246 e. The number of aromatic nitrogens is 2. The number of sulfonamides is 1. The summed E-state index contributed by atoms with van der Waals surface area (Å²) in [7, 11) is -1.97. The summed E-state index contributed by atoms with van der Waals surface area (Å²) in [5.41, 5.74) is 0. The van der Waals surface area contributed by atoms with E-state index in [1.165, 1.54) is 6.20 Å². The lowest BCUT2D eigenvalue weighted by molar-refractivity contribution is 0.162. The largest absolute Gasteiger partial charge is 0.497 e. The fourth-order valence-corrected chi connectivity index (χ4v) is 6.13. The summed E-state index contributed by atoms with van der Waals surface area (Å²) < 4.78 is 41.1. The van der Waals surface area contributed by atoms with E-state index in [0.717, 1.165) is 25.0 Å². The van der Waals surface area contributed by atoms with Crippen molar-refractivity contribution < 1.29 is 17.9 Å². The van der Waals surface area contributed by atoms with Gasteiger partial charge in [-0.2, -0.15) is 9.40 Å². The van der Waals surface area contributed by atoms with Gasteiger partial charge in [0.15, 0.2) is 0 Å². The van der Waals surface area contributed by atoms with Crippen molar-refractivity contribution in [3.05, 3.63) is 36.7 Å². The Morgan fingerprint density at radius 3 is 2.81 bits per heavy atom. The first kappa shape index (κ1) is 18.3. The summed E-state index contributed by atoms with van der Waals surface area (Å²) in [6, 6.07) is 7.31. The van der Waals surface area contributed by atoms with Crippen LogP contribution in [0.4, 0.5) is 0 Å². The average Bonchev–Trinajstić information content (AvgIpc) is 3.41. The standard InChI is InChI=1S/C19H25N3O4S/c1-3-21-12-18(11-20-21)27(23,24)22-15-8-7-14(9-15)19(22)13-26-17-6-4-5-16(10-17)25-2/h4-6,10-12,14-15,19H,3,7-9,13H2,1-2H3/t14-,15-,19-/m1/s1. The van der Waals surface area contributed by atoms with Crippen LogP contribution in [-0.2, 0) is 16.6 Å². The SMILES string of the molecule is CCn1cc(S(=O)(=O)N2[C@@H]3CC[C@H](C3)[C@H]2COc2cccc(OC)c2)cn1. The summed E-state index contributed by atoms with van der Waals surface area (Å²) in [4.78, 5) is 0.267. The van der Waals surface area contributed by atoms with Gasteiger partial charge in [-0.1, -0.05) is 6.07 Å². The zero-order valence-electron chi connectivity index (χ0n) is 15.6. The van der Waals surface area contributed by atoms with E-state index in [1.54, 1.807) is 22.3 Å². The molecule has 146 valence electrons. The Morgan fingerprint density at radius 1 is 1.26 bits per heavy atom. The lowest BCUT2D eigenvalue weighted by Crippen LogP contribution is -2.47. The molecule has 7 nitrogen and oxygen atoms in total. The van der Waals surface area contributed by atoms with Gasteiger partial charge in [0.25, 0.3) is 0 Å². The molecule has 0 radical (unpaired) electrons. The van der Waals surface area contributed by atoms with Gasteiger partial charge in [0.2, 0.25) is 10.0 Å². The highest BCUT2D eigenvalue weighted by molar-refractivity contribution is 7.89. The highest BCUT2D eigenvalue weighted by atomic mass is 32.2. The molecular weight excluding hydrogens is 366 g/mol. The zero-order chi connectivity index (χ0) is 19.0. The predicted octanol–water partition coefficient (Wildman–Crippen LogP) is 2.53. The first-order valence-corrected chi connectivity index (χ1v) is 10.8. The number of ether oxygens (including phenoxy) is 2. The molecule has 3 atom stereocenters. The van der Waals surface area contributed by atoms with Crippen LogP contribution in [0.2, 0.25) is 0 Å². The molecule has 8 heteroatoms. The van der Waals surface area contributed by atoms with Crippen LogP contribution in [0.15, 0.2) is 41.6 Å². The molecule has 1 aliphatic carbocycles. The molecule has 4 rings (SSSR count). The van der Waals surface area contributed by atoms with Crippen LogP contribution in [-0.4, -0.2) is 48.3 Å². The quantitative estimate of drug-likeness (QED) is 0.725. The molecule has 1 aromatic carbocycles. The Morgan fingerprint density at radius 2 is 2.07 bits per heavy atom. The fraction of sp³-hybridized carbons (Fsp3) is 0.526. The molecule has 2 bridgehead atoms. The third kappa shape index (κ3) is 3.32. The number of aryl methyl sites for hydroxylation is 1. The van der Waals surface area contributed by atoms with Crippen molar-refractivity contribution >= 4 is 10.0 Å². The maximum Gasteiger partial charge on any atom is 0.246 e. The Kier molecular flexibility index (Phi) is 4.86. The first-order valence-electron chi connectivity index (χ1n) is 9.35. The Bertz CT molecular complexity index is 911. The molecule has 1 aromatic heterocycles. The molecule has 1 aliphatic heterocycles. The molecule has 27 heavy (non-hydrogen) atoms. The molecule has 0 unspecified atom stereocenters. The van der Waals surface area contributed by atoms with Crippen LogP contribution in [0.25, 0.3) is 0 Å². The number of fused-ring (bicyclic) bond motifs is 2. The van der Waals surface area contributed by atoms with Gasteiger partial charge in [-0.3, -0.25) is 4.68 Å². The molecule has 2 aliphatic rings. The minimum atomic E-state index is -3.58. The van der Waals surface area contributed by atoms with Crippen LogP contribution >= 0.6 is 0 Å². The highest BCUT2D eigenvalue weighted by Crippen LogP contribution is 2.45. The molecule has 1 saturated heterocycles. The van der Waals surface area contributed by atoms with Crippen LogP contribution in [0, 0.1) is 5.92 Å². The molecule has 2 aromatic rings. The monoisotopic (exact) mass is 391 g/mol. The van der Waals surface area contributed by atoms with Crippen LogP contribution in [0.1, 0.15) is 26.2 Å². The number of benzene rings is 1.